The minimum Gasteiger partial charge on any atom is -0.496 e. The van der Waals surface area contributed by atoms with Crippen molar-refractivity contribution in [3.05, 3.63) is 24.0 Å². The molecule has 0 aliphatic heterocycles. The van der Waals surface area contributed by atoms with Crippen LogP contribution in [0, 0.1) is 0 Å². The van der Waals surface area contributed by atoms with Gasteiger partial charge in [0.05, 0.1) is 25.3 Å². The largest absolute Gasteiger partial charge is 0.496 e. The highest BCUT2D eigenvalue weighted by atomic mass is 16.5. The van der Waals surface area contributed by atoms with E-state index in [0.29, 0.717) is 17.9 Å². The topological polar surface area (TPSA) is 60.5 Å². The summed E-state index contributed by atoms with van der Waals surface area (Å²) in [7, 11) is 4.79. The van der Waals surface area contributed by atoms with E-state index in [9.17, 15) is 4.79 Å². The number of ketones is 1. The van der Waals surface area contributed by atoms with E-state index in [1.54, 1.807) is 26.4 Å². The van der Waals surface area contributed by atoms with E-state index in [1.165, 1.54) is 13.3 Å². The maximum absolute atomic E-state index is 12.1. The highest BCUT2D eigenvalue weighted by Crippen LogP contribution is 2.17. The van der Waals surface area contributed by atoms with Crippen molar-refractivity contribution in [1.29, 1.82) is 0 Å². The SMILES string of the molecule is CNC(COC)C(=O)c1cnccc1OC. The third-order valence-corrected chi connectivity index (χ3v) is 2.26. The second kappa shape index (κ2) is 6.19. The van der Waals surface area contributed by atoms with Crippen molar-refractivity contribution in [2.24, 2.45) is 0 Å². The van der Waals surface area contributed by atoms with Crippen LogP contribution in [0.3, 0.4) is 0 Å². The highest BCUT2D eigenvalue weighted by molar-refractivity contribution is 6.02. The summed E-state index contributed by atoms with van der Waals surface area (Å²) < 4.78 is 10.1. The Bertz CT molecular complexity index is 355. The van der Waals surface area contributed by atoms with Crippen LogP contribution >= 0.6 is 0 Å². The van der Waals surface area contributed by atoms with Gasteiger partial charge in [0.2, 0.25) is 0 Å². The number of carbonyl (C=O) groups excluding carboxylic acids is 1. The Kier molecular flexibility index (Phi) is 4.88. The first kappa shape index (κ1) is 12.6. The number of pyridine rings is 1. The van der Waals surface area contributed by atoms with E-state index in [4.69, 9.17) is 9.47 Å². The van der Waals surface area contributed by atoms with Crippen molar-refractivity contribution in [1.82, 2.24) is 10.3 Å². The average Bonchev–Trinajstić information content (AvgIpc) is 2.35. The summed E-state index contributed by atoms with van der Waals surface area (Å²) in [6, 6.07) is 1.27. The minimum absolute atomic E-state index is 0.0886. The second-order valence-electron chi connectivity index (χ2n) is 3.24. The van der Waals surface area contributed by atoms with Crippen molar-refractivity contribution in [2.45, 2.75) is 6.04 Å². The molecule has 1 unspecified atom stereocenters. The standard InChI is InChI=1S/C11H16N2O3/c1-12-9(7-15-2)11(14)8-6-13-5-4-10(8)16-3/h4-6,9,12H,7H2,1-3H3. The van der Waals surface area contributed by atoms with Crippen molar-refractivity contribution in [2.75, 3.05) is 27.9 Å². The first-order valence-electron chi connectivity index (χ1n) is 4.93. The van der Waals surface area contributed by atoms with Gasteiger partial charge in [-0.25, -0.2) is 0 Å². The van der Waals surface area contributed by atoms with Gasteiger partial charge in [0.1, 0.15) is 5.75 Å². The molecule has 0 bridgehead atoms. The molecule has 1 N–H and O–H groups in total. The Morgan fingerprint density at radius 1 is 1.56 bits per heavy atom. The van der Waals surface area contributed by atoms with Gasteiger partial charge in [0.15, 0.2) is 5.78 Å². The maximum Gasteiger partial charge on any atom is 0.187 e. The highest BCUT2D eigenvalue weighted by Gasteiger charge is 2.21. The third kappa shape index (κ3) is 2.77. The Morgan fingerprint density at radius 2 is 2.31 bits per heavy atom. The number of hydrogen-bond acceptors (Lipinski definition) is 5. The van der Waals surface area contributed by atoms with E-state index >= 15 is 0 Å². The molecule has 0 fully saturated rings. The molecule has 0 aliphatic rings. The summed E-state index contributed by atoms with van der Waals surface area (Å²) in [4.78, 5) is 16.0. The average molecular weight is 224 g/mol. The Labute approximate surface area is 94.8 Å². The number of Topliss-reactive ketones (excluding diaryl/α,β-unsaturated/α-hetero) is 1. The normalized spacial score (nSPS) is 12.2. The number of methoxy groups -OCH3 is 2. The van der Waals surface area contributed by atoms with Gasteiger partial charge < -0.3 is 14.8 Å². The fourth-order valence-corrected chi connectivity index (χ4v) is 1.39. The molecule has 0 amide bonds. The number of hydrogen-bond donors (Lipinski definition) is 1. The van der Waals surface area contributed by atoms with Crippen LogP contribution in [0.1, 0.15) is 10.4 Å². The van der Waals surface area contributed by atoms with Gasteiger partial charge in [0.25, 0.3) is 0 Å². The number of rotatable bonds is 6. The number of carbonyl (C=O) groups is 1. The number of aromatic nitrogens is 1. The molecule has 1 aromatic rings. The molecule has 0 saturated heterocycles. The van der Waals surface area contributed by atoms with Gasteiger partial charge in [-0.05, 0) is 13.1 Å². The summed E-state index contributed by atoms with van der Waals surface area (Å²) in [5.41, 5.74) is 0.460. The van der Waals surface area contributed by atoms with E-state index in [0.717, 1.165) is 0 Å². The molecule has 1 atom stereocenters. The third-order valence-electron chi connectivity index (χ3n) is 2.26. The summed E-state index contributed by atoms with van der Waals surface area (Å²) in [6.45, 7) is 0.313. The van der Waals surface area contributed by atoms with Crippen molar-refractivity contribution in [3.8, 4) is 5.75 Å². The van der Waals surface area contributed by atoms with Gasteiger partial charge >= 0.3 is 0 Å². The smallest absolute Gasteiger partial charge is 0.187 e. The van der Waals surface area contributed by atoms with Gasteiger partial charge in [-0.1, -0.05) is 0 Å². The summed E-state index contributed by atoms with van der Waals surface area (Å²) in [5.74, 6) is 0.436. The number of nitrogens with one attached hydrogen (secondary N) is 1. The van der Waals surface area contributed by atoms with E-state index in [1.807, 2.05) is 0 Å². The van der Waals surface area contributed by atoms with Crippen LogP contribution in [-0.2, 0) is 4.74 Å². The van der Waals surface area contributed by atoms with Crippen LogP contribution in [0.5, 0.6) is 5.75 Å². The molecule has 0 aliphatic carbocycles. The Hall–Kier alpha value is -1.46. The molecule has 1 rings (SSSR count). The van der Waals surface area contributed by atoms with Crippen LogP contribution in [0.25, 0.3) is 0 Å². The molecule has 0 radical (unpaired) electrons. The molecule has 0 spiro atoms. The lowest BCUT2D eigenvalue weighted by Crippen LogP contribution is -2.38. The molecule has 16 heavy (non-hydrogen) atoms. The summed E-state index contributed by atoms with van der Waals surface area (Å²) in [5, 5.41) is 2.89. The maximum atomic E-state index is 12.1. The molecule has 1 aromatic heterocycles. The Balaban J connectivity index is 2.93. The van der Waals surface area contributed by atoms with Crippen LogP contribution in [0.4, 0.5) is 0 Å². The predicted molar refractivity (Wildman–Crippen MR) is 59.8 cm³/mol. The molecule has 0 saturated carbocycles. The monoisotopic (exact) mass is 224 g/mol. The number of ether oxygens (including phenoxy) is 2. The molecule has 88 valence electrons. The first-order valence-corrected chi connectivity index (χ1v) is 4.93. The number of likely N-dealkylation sites (N-methyl/N-ethyl adjacent to an activating group) is 1. The van der Waals surface area contributed by atoms with Crippen LogP contribution in [-0.4, -0.2) is 44.7 Å². The molecular formula is C11H16N2O3. The predicted octanol–water partition coefficient (Wildman–Crippen LogP) is 0.507. The molecule has 1 heterocycles. The van der Waals surface area contributed by atoms with Crippen molar-refractivity contribution < 1.29 is 14.3 Å². The first-order chi connectivity index (χ1) is 7.74. The van der Waals surface area contributed by atoms with Crippen LogP contribution in [0.2, 0.25) is 0 Å². The second-order valence-corrected chi connectivity index (χ2v) is 3.24. The summed E-state index contributed by atoms with van der Waals surface area (Å²) >= 11 is 0. The molecule has 5 nitrogen and oxygen atoms in total. The zero-order chi connectivity index (χ0) is 12.0. The van der Waals surface area contributed by atoms with Crippen molar-refractivity contribution in [3.63, 3.8) is 0 Å². The van der Waals surface area contributed by atoms with Crippen LogP contribution < -0.4 is 10.1 Å². The number of nitrogens with zero attached hydrogens (tertiary/aromatic N) is 1. The van der Waals surface area contributed by atoms with Gasteiger partial charge in [-0.2, -0.15) is 0 Å². The quantitative estimate of drug-likeness (QED) is 0.713. The van der Waals surface area contributed by atoms with Crippen molar-refractivity contribution >= 4 is 5.78 Å². The zero-order valence-corrected chi connectivity index (χ0v) is 9.69. The lowest BCUT2D eigenvalue weighted by molar-refractivity contribution is 0.0862. The van der Waals surface area contributed by atoms with E-state index in [2.05, 4.69) is 10.3 Å². The fourth-order valence-electron chi connectivity index (χ4n) is 1.39. The molecule has 5 heteroatoms. The van der Waals surface area contributed by atoms with Gasteiger partial charge in [0, 0.05) is 19.5 Å². The summed E-state index contributed by atoms with van der Waals surface area (Å²) in [6.07, 6.45) is 3.08. The lowest BCUT2D eigenvalue weighted by Gasteiger charge is -2.15. The molecule has 0 aromatic carbocycles. The molecular weight excluding hydrogens is 208 g/mol. The fraction of sp³-hybridized carbons (Fsp3) is 0.455. The zero-order valence-electron chi connectivity index (χ0n) is 9.69. The van der Waals surface area contributed by atoms with Gasteiger partial charge in [-0.15, -0.1) is 0 Å². The van der Waals surface area contributed by atoms with Crippen LogP contribution in [0.15, 0.2) is 18.5 Å². The lowest BCUT2D eigenvalue weighted by atomic mass is 10.1. The van der Waals surface area contributed by atoms with E-state index < -0.39 is 0 Å². The minimum atomic E-state index is -0.386. The van der Waals surface area contributed by atoms with E-state index in [-0.39, 0.29) is 11.8 Å². The Morgan fingerprint density at radius 3 is 2.88 bits per heavy atom. The van der Waals surface area contributed by atoms with Gasteiger partial charge in [-0.3, -0.25) is 9.78 Å².